The molecular formula is C15H19NO3. The van der Waals surface area contributed by atoms with Gasteiger partial charge in [0.15, 0.2) is 0 Å². The third-order valence-corrected chi connectivity index (χ3v) is 4.06. The molecule has 4 heteroatoms. The summed E-state index contributed by atoms with van der Waals surface area (Å²) in [5, 5.41) is 12.6. The maximum Gasteiger partial charge on any atom is 0.231 e. The van der Waals surface area contributed by atoms with Gasteiger partial charge in [0.2, 0.25) is 5.91 Å². The van der Waals surface area contributed by atoms with Crippen molar-refractivity contribution >= 4 is 5.91 Å². The second-order valence-electron chi connectivity index (χ2n) is 5.42. The molecule has 4 nitrogen and oxygen atoms in total. The molecule has 1 amide bonds. The van der Waals surface area contributed by atoms with E-state index in [2.05, 4.69) is 5.32 Å². The minimum atomic E-state index is -0.192. The molecule has 2 aliphatic rings. The number of hydrogen-bond acceptors (Lipinski definition) is 3. The number of para-hydroxylation sites is 1. The van der Waals surface area contributed by atoms with Crippen molar-refractivity contribution in [3.8, 4) is 5.75 Å². The van der Waals surface area contributed by atoms with E-state index in [9.17, 15) is 9.90 Å². The molecule has 1 unspecified atom stereocenters. The highest BCUT2D eigenvalue weighted by Gasteiger charge is 2.31. The molecule has 1 atom stereocenters. The van der Waals surface area contributed by atoms with Gasteiger partial charge in [-0.25, -0.2) is 0 Å². The highest BCUT2D eigenvalue weighted by atomic mass is 16.5. The van der Waals surface area contributed by atoms with E-state index in [4.69, 9.17) is 4.74 Å². The monoisotopic (exact) mass is 261 g/mol. The number of aliphatic hydroxyl groups is 1. The van der Waals surface area contributed by atoms with E-state index < -0.39 is 0 Å². The molecule has 1 saturated carbocycles. The van der Waals surface area contributed by atoms with Crippen molar-refractivity contribution in [2.45, 2.75) is 43.7 Å². The first kappa shape index (κ1) is 12.5. The quantitative estimate of drug-likeness (QED) is 0.850. The maximum atomic E-state index is 12.3. The molecule has 0 aromatic heterocycles. The van der Waals surface area contributed by atoms with Crippen molar-refractivity contribution in [1.29, 1.82) is 0 Å². The number of ether oxygens (including phenoxy) is 1. The minimum Gasteiger partial charge on any atom is -0.492 e. The number of carbonyl (C=O) groups is 1. The van der Waals surface area contributed by atoms with Crippen molar-refractivity contribution in [2.24, 2.45) is 0 Å². The van der Waals surface area contributed by atoms with Crippen LogP contribution in [-0.4, -0.2) is 29.8 Å². The van der Waals surface area contributed by atoms with Crippen LogP contribution in [0.4, 0.5) is 0 Å². The molecule has 3 rings (SSSR count). The van der Waals surface area contributed by atoms with Crippen molar-refractivity contribution in [2.75, 3.05) is 6.61 Å². The van der Waals surface area contributed by atoms with E-state index in [0.29, 0.717) is 6.61 Å². The summed E-state index contributed by atoms with van der Waals surface area (Å²) in [4.78, 5) is 12.3. The molecule has 1 aromatic carbocycles. The Labute approximate surface area is 112 Å². The van der Waals surface area contributed by atoms with Gasteiger partial charge in [0.05, 0.1) is 6.10 Å². The Bertz CT molecular complexity index is 466. The lowest BCUT2D eigenvalue weighted by molar-refractivity contribution is -0.123. The summed E-state index contributed by atoms with van der Waals surface area (Å²) < 4.78 is 5.54. The lowest BCUT2D eigenvalue weighted by Gasteiger charge is -2.27. The number of benzene rings is 1. The molecule has 0 bridgehead atoms. The summed E-state index contributed by atoms with van der Waals surface area (Å²) in [6, 6.07) is 7.91. The Hall–Kier alpha value is -1.55. The Kier molecular flexibility index (Phi) is 3.42. The summed E-state index contributed by atoms with van der Waals surface area (Å²) in [5.74, 6) is 0.677. The van der Waals surface area contributed by atoms with Gasteiger partial charge in [-0.3, -0.25) is 4.79 Å². The Balaban J connectivity index is 1.63. The number of hydrogen-bond donors (Lipinski definition) is 2. The van der Waals surface area contributed by atoms with Gasteiger partial charge in [0, 0.05) is 11.6 Å². The van der Waals surface area contributed by atoms with E-state index >= 15 is 0 Å². The number of amides is 1. The zero-order valence-corrected chi connectivity index (χ0v) is 10.8. The van der Waals surface area contributed by atoms with Crippen LogP contribution in [-0.2, 0) is 4.79 Å². The fraction of sp³-hybridized carbons (Fsp3) is 0.533. The SMILES string of the molecule is O=C(NC1CCC(O)CC1)C1COc2ccccc21. The Morgan fingerprint density at radius 2 is 1.95 bits per heavy atom. The standard InChI is InChI=1S/C15H19NO3/c17-11-7-5-10(6-8-11)16-15(18)13-9-19-14-4-2-1-3-12(13)14/h1-4,10-11,13,17H,5-9H2,(H,16,18). The van der Waals surface area contributed by atoms with Gasteiger partial charge in [-0.1, -0.05) is 18.2 Å². The number of carbonyl (C=O) groups excluding carboxylic acids is 1. The summed E-state index contributed by atoms with van der Waals surface area (Å²) in [6.07, 6.45) is 3.10. The zero-order valence-electron chi connectivity index (χ0n) is 10.8. The minimum absolute atomic E-state index is 0.0475. The molecule has 1 aliphatic heterocycles. The highest BCUT2D eigenvalue weighted by molar-refractivity contribution is 5.85. The number of rotatable bonds is 2. The third-order valence-electron chi connectivity index (χ3n) is 4.06. The Morgan fingerprint density at radius 3 is 2.74 bits per heavy atom. The van der Waals surface area contributed by atoms with E-state index in [-0.39, 0.29) is 24.0 Å². The predicted molar refractivity (Wildman–Crippen MR) is 71.1 cm³/mol. The van der Waals surface area contributed by atoms with Crippen molar-refractivity contribution < 1.29 is 14.6 Å². The van der Waals surface area contributed by atoms with Gasteiger partial charge in [-0.15, -0.1) is 0 Å². The number of aliphatic hydroxyl groups excluding tert-OH is 1. The molecule has 0 saturated heterocycles. The van der Waals surface area contributed by atoms with Gasteiger partial charge in [-0.05, 0) is 31.7 Å². The molecule has 19 heavy (non-hydrogen) atoms. The predicted octanol–water partition coefficient (Wildman–Crippen LogP) is 1.58. The molecule has 0 radical (unpaired) electrons. The van der Waals surface area contributed by atoms with Crippen molar-refractivity contribution in [3.63, 3.8) is 0 Å². The van der Waals surface area contributed by atoms with Crippen LogP contribution in [0.5, 0.6) is 5.75 Å². The molecule has 1 fully saturated rings. The first-order valence-electron chi connectivity index (χ1n) is 6.94. The second-order valence-corrected chi connectivity index (χ2v) is 5.42. The van der Waals surface area contributed by atoms with Crippen molar-refractivity contribution in [1.82, 2.24) is 5.32 Å². The van der Waals surface area contributed by atoms with Crippen LogP contribution >= 0.6 is 0 Å². The van der Waals surface area contributed by atoms with Crippen molar-refractivity contribution in [3.05, 3.63) is 29.8 Å². The van der Waals surface area contributed by atoms with E-state index in [1.807, 2.05) is 24.3 Å². The van der Waals surface area contributed by atoms with Crippen LogP contribution < -0.4 is 10.1 Å². The molecule has 0 spiro atoms. The lowest BCUT2D eigenvalue weighted by Crippen LogP contribution is -2.41. The Morgan fingerprint density at radius 1 is 1.21 bits per heavy atom. The smallest absolute Gasteiger partial charge is 0.231 e. The van der Waals surface area contributed by atoms with Crippen LogP contribution in [0, 0.1) is 0 Å². The highest BCUT2D eigenvalue weighted by Crippen LogP contribution is 2.33. The molecular weight excluding hydrogens is 242 g/mol. The topological polar surface area (TPSA) is 58.6 Å². The molecule has 102 valence electrons. The van der Waals surface area contributed by atoms with Gasteiger partial charge in [0.1, 0.15) is 18.3 Å². The van der Waals surface area contributed by atoms with Crippen LogP contribution in [0.25, 0.3) is 0 Å². The van der Waals surface area contributed by atoms with Gasteiger partial charge in [0.25, 0.3) is 0 Å². The molecule has 1 aromatic rings. The van der Waals surface area contributed by atoms with E-state index in [0.717, 1.165) is 37.0 Å². The van der Waals surface area contributed by atoms with Gasteiger partial charge < -0.3 is 15.2 Å². The number of nitrogens with one attached hydrogen (secondary N) is 1. The maximum absolute atomic E-state index is 12.3. The first-order valence-corrected chi connectivity index (χ1v) is 6.94. The van der Waals surface area contributed by atoms with Gasteiger partial charge in [-0.2, -0.15) is 0 Å². The first-order chi connectivity index (χ1) is 9.24. The summed E-state index contributed by atoms with van der Waals surface area (Å²) >= 11 is 0. The van der Waals surface area contributed by atoms with Gasteiger partial charge >= 0.3 is 0 Å². The average molecular weight is 261 g/mol. The van der Waals surface area contributed by atoms with Crippen LogP contribution in [0.2, 0.25) is 0 Å². The third kappa shape index (κ3) is 2.59. The summed E-state index contributed by atoms with van der Waals surface area (Å²) in [7, 11) is 0. The summed E-state index contributed by atoms with van der Waals surface area (Å²) in [5.41, 5.74) is 0.982. The van der Waals surface area contributed by atoms with Crippen LogP contribution in [0.1, 0.15) is 37.2 Å². The van der Waals surface area contributed by atoms with Crippen LogP contribution in [0.3, 0.4) is 0 Å². The van der Waals surface area contributed by atoms with Crippen LogP contribution in [0.15, 0.2) is 24.3 Å². The normalized spacial score (nSPS) is 29.4. The number of fused-ring (bicyclic) bond motifs is 1. The lowest BCUT2D eigenvalue weighted by atomic mass is 9.92. The van der Waals surface area contributed by atoms with E-state index in [1.165, 1.54) is 0 Å². The molecule has 2 N–H and O–H groups in total. The largest absolute Gasteiger partial charge is 0.492 e. The fourth-order valence-electron chi connectivity index (χ4n) is 2.90. The zero-order chi connectivity index (χ0) is 13.2. The molecule has 1 heterocycles. The van der Waals surface area contributed by atoms with E-state index in [1.54, 1.807) is 0 Å². The average Bonchev–Trinajstić information content (AvgIpc) is 2.85. The second kappa shape index (κ2) is 5.21. The fourth-order valence-corrected chi connectivity index (χ4v) is 2.90. The summed E-state index contributed by atoms with van der Waals surface area (Å²) in [6.45, 7) is 0.431. The molecule has 1 aliphatic carbocycles.